The minimum atomic E-state index is 0.204. The molecule has 2 aromatic carbocycles. The predicted octanol–water partition coefficient (Wildman–Crippen LogP) is 4.03. The molecule has 4 nitrogen and oxygen atoms in total. The van der Waals surface area contributed by atoms with Gasteiger partial charge in [-0.15, -0.1) is 0 Å². The Morgan fingerprint density at radius 3 is 2.32 bits per heavy atom. The maximum absolute atomic E-state index is 9.47. The van der Waals surface area contributed by atoms with Crippen molar-refractivity contribution < 1.29 is 5.11 Å². The van der Waals surface area contributed by atoms with Crippen molar-refractivity contribution in [3.63, 3.8) is 0 Å². The largest absolute Gasteiger partial charge is 0.508 e. The number of phenolic OH excluding ortho intramolecular Hbond substituents is 1. The maximum atomic E-state index is 9.47. The Hall–Kier alpha value is -2.93. The van der Waals surface area contributed by atoms with E-state index in [1.54, 1.807) is 30.3 Å². The second-order valence-corrected chi connectivity index (χ2v) is 4.72. The highest BCUT2D eigenvalue weighted by atomic mass is 16.3. The van der Waals surface area contributed by atoms with Crippen LogP contribution in [-0.2, 0) is 7.05 Å². The lowest BCUT2D eigenvalue weighted by Crippen LogP contribution is -1.93. The molecule has 0 amide bonds. The minimum Gasteiger partial charge on any atom is -0.508 e. The summed E-state index contributed by atoms with van der Waals surface area (Å²) in [4.78, 5) is 0. The quantitative estimate of drug-likeness (QED) is 0.665. The Kier molecular flexibility index (Phi) is 4.38. The highest BCUT2D eigenvalue weighted by molar-refractivity contribution is 5.95. The van der Waals surface area contributed by atoms with Gasteiger partial charge in [0.25, 0.3) is 0 Å². The molecular weight excluding hydrogens is 274 g/mol. The Morgan fingerprint density at radius 1 is 1.09 bits per heavy atom. The van der Waals surface area contributed by atoms with E-state index < -0.39 is 0 Å². The van der Waals surface area contributed by atoms with Gasteiger partial charge in [0, 0.05) is 18.1 Å². The van der Waals surface area contributed by atoms with Crippen molar-refractivity contribution >= 4 is 16.6 Å². The molecule has 3 aromatic rings. The molecule has 0 aliphatic rings. The number of aromatic nitrogens is 1. The van der Waals surface area contributed by atoms with Gasteiger partial charge < -0.3 is 15.4 Å². The summed E-state index contributed by atoms with van der Waals surface area (Å²) >= 11 is 0. The van der Waals surface area contributed by atoms with Gasteiger partial charge >= 0.3 is 0 Å². The number of nitrogen functional groups attached to an aromatic ring is 1. The topological polar surface area (TPSA) is 75.0 Å². The molecule has 0 atom stereocenters. The van der Waals surface area contributed by atoms with E-state index in [9.17, 15) is 10.4 Å². The number of aromatic hydroxyl groups is 1. The summed E-state index contributed by atoms with van der Waals surface area (Å²) in [5.74, 6) is 0.204. The number of benzene rings is 2. The maximum Gasteiger partial charge on any atom is 0.115 e. The number of nitrogens with zero attached hydrogens (tertiary/aromatic N) is 2. The molecule has 0 saturated carbocycles. The smallest absolute Gasteiger partial charge is 0.115 e. The van der Waals surface area contributed by atoms with Crippen molar-refractivity contribution in [1.82, 2.24) is 4.57 Å². The van der Waals surface area contributed by atoms with E-state index >= 15 is 0 Å². The molecule has 22 heavy (non-hydrogen) atoms. The molecule has 3 rings (SSSR count). The lowest BCUT2D eigenvalue weighted by molar-refractivity contribution is 0.475. The predicted molar refractivity (Wildman–Crippen MR) is 90.5 cm³/mol. The Morgan fingerprint density at radius 2 is 1.73 bits per heavy atom. The standard InChI is InChI=1S/C16H13N3O.C2H6/c1-19-15-8-11(18)4-7-13(15)14(9-17)16(19)10-2-5-12(20)6-3-10;1-2/h2-8,20H,18H2,1H3;1-2H3. The fraction of sp³-hybridized carbons (Fsp3) is 0.167. The number of fused-ring (bicyclic) bond motifs is 1. The number of nitrogens with two attached hydrogens (primary N) is 1. The van der Waals surface area contributed by atoms with Crippen LogP contribution in [0.1, 0.15) is 19.4 Å². The molecule has 0 radical (unpaired) electrons. The van der Waals surface area contributed by atoms with Gasteiger partial charge in [0.05, 0.1) is 16.8 Å². The summed E-state index contributed by atoms with van der Waals surface area (Å²) in [5, 5.41) is 19.7. The summed E-state index contributed by atoms with van der Waals surface area (Å²) < 4.78 is 1.95. The third-order valence-electron chi connectivity index (χ3n) is 3.48. The van der Waals surface area contributed by atoms with Crippen LogP contribution < -0.4 is 5.73 Å². The zero-order valence-corrected chi connectivity index (χ0v) is 13.0. The van der Waals surface area contributed by atoms with Crippen molar-refractivity contribution in [2.75, 3.05) is 5.73 Å². The molecular formula is C18H19N3O. The van der Waals surface area contributed by atoms with Crippen molar-refractivity contribution in [3.05, 3.63) is 48.0 Å². The van der Waals surface area contributed by atoms with Crippen LogP contribution in [0.2, 0.25) is 0 Å². The van der Waals surface area contributed by atoms with Crippen LogP contribution >= 0.6 is 0 Å². The van der Waals surface area contributed by atoms with E-state index in [-0.39, 0.29) is 5.75 Å². The van der Waals surface area contributed by atoms with E-state index in [0.29, 0.717) is 11.3 Å². The van der Waals surface area contributed by atoms with Gasteiger partial charge in [-0.1, -0.05) is 13.8 Å². The normalized spacial score (nSPS) is 9.91. The second-order valence-electron chi connectivity index (χ2n) is 4.72. The summed E-state index contributed by atoms with van der Waals surface area (Å²) in [6, 6.07) is 14.6. The summed E-state index contributed by atoms with van der Waals surface area (Å²) in [5.41, 5.74) is 9.74. The first kappa shape index (κ1) is 15.5. The fourth-order valence-electron chi connectivity index (χ4n) is 2.52. The monoisotopic (exact) mass is 293 g/mol. The third kappa shape index (κ3) is 2.49. The first-order chi connectivity index (χ1) is 10.6. The number of phenols is 1. The van der Waals surface area contributed by atoms with Crippen LogP contribution in [0, 0.1) is 11.3 Å². The van der Waals surface area contributed by atoms with Gasteiger partial charge in [-0.2, -0.15) is 5.26 Å². The molecule has 0 saturated heterocycles. The SMILES string of the molecule is CC.Cn1c(-c2ccc(O)cc2)c(C#N)c2ccc(N)cc21. The van der Waals surface area contributed by atoms with Crippen LogP contribution in [0.4, 0.5) is 5.69 Å². The van der Waals surface area contributed by atoms with Crippen molar-refractivity contribution in [1.29, 1.82) is 5.26 Å². The average Bonchev–Trinajstić information content (AvgIpc) is 2.82. The minimum absolute atomic E-state index is 0.204. The van der Waals surface area contributed by atoms with E-state index in [2.05, 4.69) is 6.07 Å². The first-order valence-electron chi connectivity index (χ1n) is 7.19. The average molecular weight is 293 g/mol. The molecule has 1 aromatic heterocycles. The van der Waals surface area contributed by atoms with Crippen LogP contribution in [-0.4, -0.2) is 9.67 Å². The first-order valence-corrected chi connectivity index (χ1v) is 7.19. The van der Waals surface area contributed by atoms with Gasteiger partial charge in [0.15, 0.2) is 0 Å². The van der Waals surface area contributed by atoms with Gasteiger partial charge in [-0.05, 0) is 48.0 Å². The number of anilines is 1. The van der Waals surface area contributed by atoms with E-state index in [4.69, 9.17) is 5.73 Å². The van der Waals surface area contributed by atoms with E-state index in [1.807, 2.05) is 37.6 Å². The summed E-state index contributed by atoms with van der Waals surface area (Å²) in [6.07, 6.45) is 0. The number of hydrogen-bond acceptors (Lipinski definition) is 3. The molecule has 0 spiro atoms. The molecule has 0 aliphatic heterocycles. The van der Waals surface area contributed by atoms with Crippen molar-refractivity contribution in [3.8, 4) is 23.1 Å². The molecule has 0 aliphatic carbocycles. The van der Waals surface area contributed by atoms with E-state index in [1.165, 1.54) is 0 Å². The lowest BCUT2D eigenvalue weighted by Gasteiger charge is -2.05. The molecule has 0 fully saturated rings. The van der Waals surface area contributed by atoms with Gasteiger partial charge in [-0.25, -0.2) is 0 Å². The zero-order chi connectivity index (χ0) is 16.3. The summed E-state index contributed by atoms with van der Waals surface area (Å²) in [6.45, 7) is 4.00. The lowest BCUT2D eigenvalue weighted by atomic mass is 10.1. The molecule has 4 heteroatoms. The third-order valence-corrected chi connectivity index (χ3v) is 3.48. The van der Waals surface area contributed by atoms with E-state index in [0.717, 1.165) is 22.2 Å². The van der Waals surface area contributed by atoms with Crippen LogP contribution in [0.5, 0.6) is 5.75 Å². The number of hydrogen-bond donors (Lipinski definition) is 2. The Balaban J connectivity index is 0.000000847. The van der Waals surface area contributed by atoms with Gasteiger partial charge in [-0.3, -0.25) is 0 Å². The Bertz CT molecular complexity index is 839. The molecule has 3 N–H and O–H groups in total. The second kappa shape index (κ2) is 6.23. The molecule has 112 valence electrons. The van der Waals surface area contributed by atoms with Crippen molar-refractivity contribution in [2.45, 2.75) is 13.8 Å². The fourth-order valence-corrected chi connectivity index (χ4v) is 2.52. The number of aryl methyl sites for hydroxylation is 1. The van der Waals surface area contributed by atoms with Crippen molar-refractivity contribution in [2.24, 2.45) is 7.05 Å². The number of nitriles is 1. The van der Waals surface area contributed by atoms with Gasteiger partial charge in [0.1, 0.15) is 11.8 Å². The number of rotatable bonds is 1. The zero-order valence-electron chi connectivity index (χ0n) is 13.0. The van der Waals surface area contributed by atoms with Crippen LogP contribution in [0.3, 0.4) is 0 Å². The highest BCUT2D eigenvalue weighted by Crippen LogP contribution is 2.33. The highest BCUT2D eigenvalue weighted by Gasteiger charge is 2.16. The van der Waals surface area contributed by atoms with Crippen LogP contribution in [0.15, 0.2) is 42.5 Å². The van der Waals surface area contributed by atoms with Gasteiger partial charge in [0.2, 0.25) is 0 Å². The Labute approximate surface area is 130 Å². The molecule has 1 heterocycles. The van der Waals surface area contributed by atoms with Crippen LogP contribution in [0.25, 0.3) is 22.2 Å². The summed E-state index contributed by atoms with van der Waals surface area (Å²) in [7, 11) is 1.91. The molecule has 0 bridgehead atoms. The molecule has 0 unspecified atom stereocenters.